The van der Waals surface area contributed by atoms with Gasteiger partial charge in [-0.2, -0.15) is 0 Å². The molecule has 3 N–H and O–H groups in total. The number of nitrogens with zero attached hydrogens (tertiary/aromatic N) is 1. The third kappa shape index (κ3) is 4.19. The Bertz CT molecular complexity index is 236. The van der Waals surface area contributed by atoms with E-state index in [2.05, 4.69) is 18.7 Å². The van der Waals surface area contributed by atoms with Crippen molar-refractivity contribution in [1.82, 2.24) is 4.90 Å². The molecule has 1 rings (SSSR count). The summed E-state index contributed by atoms with van der Waals surface area (Å²) in [6.45, 7) is 7.34. The monoisotopic (exact) mass is 258 g/mol. The average molecular weight is 258 g/mol. The van der Waals surface area contributed by atoms with E-state index in [0.717, 1.165) is 45.4 Å². The Hall–Kier alpha value is -0.160. The summed E-state index contributed by atoms with van der Waals surface area (Å²) in [5.74, 6) is 0.464. The van der Waals surface area contributed by atoms with Crippen molar-refractivity contribution in [2.45, 2.75) is 51.1 Å². The number of ether oxygens (including phenoxy) is 1. The van der Waals surface area contributed by atoms with Gasteiger partial charge in [0.1, 0.15) is 0 Å². The van der Waals surface area contributed by atoms with E-state index in [4.69, 9.17) is 10.5 Å². The van der Waals surface area contributed by atoms with Gasteiger partial charge in [0.05, 0.1) is 13.2 Å². The zero-order valence-electron chi connectivity index (χ0n) is 12.2. The molecule has 0 spiro atoms. The third-order valence-corrected chi connectivity index (χ3v) is 4.38. The van der Waals surface area contributed by atoms with Gasteiger partial charge in [-0.1, -0.05) is 6.42 Å². The second-order valence-corrected chi connectivity index (χ2v) is 5.89. The molecule has 0 saturated heterocycles. The lowest BCUT2D eigenvalue weighted by Crippen LogP contribution is -2.48. The zero-order valence-corrected chi connectivity index (χ0v) is 12.2. The topological polar surface area (TPSA) is 58.7 Å². The molecule has 1 fully saturated rings. The molecule has 2 atom stereocenters. The molecule has 0 radical (unpaired) electrons. The first-order chi connectivity index (χ1) is 8.53. The van der Waals surface area contributed by atoms with E-state index in [0.29, 0.717) is 12.0 Å². The van der Waals surface area contributed by atoms with Gasteiger partial charge in [-0.05, 0) is 45.6 Å². The van der Waals surface area contributed by atoms with Gasteiger partial charge < -0.3 is 15.6 Å². The van der Waals surface area contributed by atoms with E-state index >= 15 is 0 Å². The first-order valence-electron chi connectivity index (χ1n) is 7.16. The first kappa shape index (κ1) is 15.9. The number of methoxy groups -OCH3 is 1. The summed E-state index contributed by atoms with van der Waals surface area (Å²) < 4.78 is 5.15. The summed E-state index contributed by atoms with van der Waals surface area (Å²) in [5, 5.41) is 9.45. The fourth-order valence-corrected chi connectivity index (χ4v) is 2.97. The maximum Gasteiger partial charge on any atom is 0.0613 e. The second-order valence-electron chi connectivity index (χ2n) is 5.89. The number of nitrogens with two attached hydrogens (primary N) is 1. The lowest BCUT2D eigenvalue weighted by Gasteiger charge is -2.33. The van der Waals surface area contributed by atoms with E-state index in [1.54, 1.807) is 7.11 Å². The molecule has 0 bridgehead atoms. The van der Waals surface area contributed by atoms with Crippen molar-refractivity contribution >= 4 is 0 Å². The summed E-state index contributed by atoms with van der Waals surface area (Å²) in [5.41, 5.74) is 5.94. The van der Waals surface area contributed by atoms with Crippen LogP contribution in [0.1, 0.15) is 39.5 Å². The van der Waals surface area contributed by atoms with Crippen molar-refractivity contribution in [2.75, 3.05) is 33.4 Å². The molecule has 1 aliphatic carbocycles. The summed E-state index contributed by atoms with van der Waals surface area (Å²) >= 11 is 0. The van der Waals surface area contributed by atoms with Gasteiger partial charge in [0.15, 0.2) is 0 Å². The molecule has 0 amide bonds. The largest absolute Gasteiger partial charge is 0.394 e. The molecule has 1 saturated carbocycles. The molecule has 0 aromatic carbocycles. The van der Waals surface area contributed by atoms with Gasteiger partial charge in [-0.3, -0.25) is 4.90 Å². The Morgan fingerprint density at radius 3 is 2.72 bits per heavy atom. The molecule has 2 unspecified atom stereocenters. The van der Waals surface area contributed by atoms with E-state index in [1.807, 2.05) is 0 Å². The van der Waals surface area contributed by atoms with Crippen LogP contribution >= 0.6 is 0 Å². The minimum atomic E-state index is -0.329. The lowest BCUT2D eigenvalue weighted by molar-refractivity contribution is 0.110. The van der Waals surface area contributed by atoms with Crippen LogP contribution in [0.3, 0.4) is 0 Å². The number of hydrogen-bond acceptors (Lipinski definition) is 4. The molecule has 18 heavy (non-hydrogen) atoms. The zero-order chi connectivity index (χ0) is 13.6. The van der Waals surface area contributed by atoms with Crippen molar-refractivity contribution in [2.24, 2.45) is 11.7 Å². The first-order valence-corrected chi connectivity index (χ1v) is 7.16. The van der Waals surface area contributed by atoms with Crippen LogP contribution in [-0.2, 0) is 4.74 Å². The fraction of sp³-hybridized carbons (Fsp3) is 1.00. The number of aliphatic hydroxyl groups is 1. The molecular weight excluding hydrogens is 228 g/mol. The Morgan fingerprint density at radius 1 is 1.44 bits per heavy atom. The number of rotatable bonds is 8. The molecule has 0 aromatic rings. The molecule has 4 nitrogen and oxygen atoms in total. The van der Waals surface area contributed by atoms with Crippen molar-refractivity contribution in [3.63, 3.8) is 0 Å². The Labute approximate surface area is 111 Å². The average Bonchev–Trinajstić information content (AvgIpc) is 2.71. The molecule has 4 heteroatoms. The van der Waals surface area contributed by atoms with Crippen molar-refractivity contribution in [3.05, 3.63) is 0 Å². The second kappa shape index (κ2) is 7.43. The van der Waals surface area contributed by atoms with Crippen LogP contribution in [-0.4, -0.2) is 55.0 Å². The Kier molecular flexibility index (Phi) is 6.57. The van der Waals surface area contributed by atoms with Crippen molar-refractivity contribution < 1.29 is 9.84 Å². The van der Waals surface area contributed by atoms with Crippen LogP contribution in [0.15, 0.2) is 0 Å². The summed E-state index contributed by atoms with van der Waals surface area (Å²) in [7, 11) is 1.74. The highest BCUT2D eigenvalue weighted by Gasteiger charge is 2.38. The molecule has 108 valence electrons. The molecule has 0 aromatic heterocycles. The Morgan fingerprint density at radius 2 is 2.17 bits per heavy atom. The number of hydrogen-bond donors (Lipinski definition) is 2. The minimum Gasteiger partial charge on any atom is -0.394 e. The SMILES string of the molecule is COCCN(CCC1CCCC1(N)CO)C(C)C. The van der Waals surface area contributed by atoms with Crippen LogP contribution in [0.25, 0.3) is 0 Å². The molecule has 0 aliphatic heterocycles. The molecule has 0 heterocycles. The quantitative estimate of drug-likeness (QED) is 0.687. The van der Waals surface area contributed by atoms with Gasteiger partial charge in [-0.15, -0.1) is 0 Å². The minimum absolute atomic E-state index is 0.122. The summed E-state index contributed by atoms with van der Waals surface area (Å²) in [6.07, 6.45) is 4.36. The lowest BCUT2D eigenvalue weighted by atomic mass is 9.86. The molecule has 1 aliphatic rings. The highest BCUT2D eigenvalue weighted by molar-refractivity contribution is 4.96. The van der Waals surface area contributed by atoms with Crippen LogP contribution in [0.4, 0.5) is 0 Å². The standard InChI is InChI=1S/C14H30N2O2/c1-12(2)16(9-10-18-3)8-6-13-5-4-7-14(13,15)11-17/h12-13,17H,4-11,15H2,1-3H3. The van der Waals surface area contributed by atoms with Crippen molar-refractivity contribution in [3.8, 4) is 0 Å². The summed E-state index contributed by atoms with van der Waals surface area (Å²) in [4.78, 5) is 2.43. The van der Waals surface area contributed by atoms with E-state index < -0.39 is 0 Å². The maximum absolute atomic E-state index is 9.45. The van der Waals surface area contributed by atoms with Crippen LogP contribution in [0, 0.1) is 5.92 Å². The summed E-state index contributed by atoms with van der Waals surface area (Å²) in [6, 6.07) is 0.530. The normalized spacial score (nSPS) is 28.5. The van der Waals surface area contributed by atoms with Gasteiger partial charge >= 0.3 is 0 Å². The molecular formula is C14H30N2O2. The highest BCUT2D eigenvalue weighted by atomic mass is 16.5. The van der Waals surface area contributed by atoms with Crippen LogP contribution in [0.5, 0.6) is 0 Å². The van der Waals surface area contributed by atoms with E-state index in [9.17, 15) is 5.11 Å². The van der Waals surface area contributed by atoms with Gasteiger partial charge in [0, 0.05) is 25.2 Å². The van der Waals surface area contributed by atoms with E-state index in [1.165, 1.54) is 0 Å². The predicted octanol–water partition coefficient (Wildman–Crippen LogP) is 1.22. The Balaban J connectivity index is 2.41. The highest BCUT2D eigenvalue weighted by Crippen LogP contribution is 2.35. The van der Waals surface area contributed by atoms with Gasteiger partial charge in [-0.25, -0.2) is 0 Å². The smallest absolute Gasteiger partial charge is 0.0613 e. The van der Waals surface area contributed by atoms with Crippen LogP contribution < -0.4 is 5.73 Å². The maximum atomic E-state index is 9.45. The number of aliphatic hydroxyl groups excluding tert-OH is 1. The van der Waals surface area contributed by atoms with Gasteiger partial charge in [0.25, 0.3) is 0 Å². The third-order valence-electron chi connectivity index (χ3n) is 4.38. The van der Waals surface area contributed by atoms with E-state index in [-0.39, 0.29) is 12.1 Å². The van der Waals surface area contributed by atoms with Gasteiger partial charge in [0.2, 0.25) is 0 Å². The fourth-order valence-electron chi connectivity index (χ4n) is 2.97. The van der Waals surface area contributed by atoms with Crippen molar-refractivity contribution in [1.29, 1.82) is 0 Å². The predicted molar refractivity (Wildman–Crippen MR) is 74.5 cm³/mol. The van der Waals surface area contributed by atoms with Crippen LogP contribution in [0.2, 0.25) is 0 Å².